The van der Waals surface area contributed by atoms with Gasteiger partial charge in [0.15, 0.2) is 0 Å². The Morgan fingerprint density at radius 2 is 2.20 bits per heavy atom. The van der Waals surface area contributed by atoms with Gasteiger partial charge in [-0.2, -0.15) is 0 Å². The molecule has 2 N–H and O–H groups in total. The lowest BCUT2D eigenvalue weighted by Gasteiger charge is -2.28. The third kappa shape index (κ3) is 4.56. The number of aliphatic hydroxyl groups excluding tert-OH is 1. The van der Waals surface area contributed by atoms with Crippen molar-refractivity contribution < 1.29 is 13.5 Å². The molecule has 1 aromatic heterocycles. The number of halogens is 1. The molecule has 0 bridgehead atoms. The van der Waals surface area contributed by atoms with Gasteiger partial charge in [0.25, 0.3) is 0 Å². The Bertz CT molecular complexity index is 542. The number of hydrogen-bond acceptors (Lipinski definition) is 4. The van der Waals surface area contributed by atoms with Gasteiger partial charge in [-0.15, -0.1) is 17.9 Å². The van der Waals surface area contributed by atoms with E-state index >= 15 is 0 Å². The second kappa shape index (κ2) is 7.56. The van der Waals surface area contributed by atoms with Gasteiger partial charge in [0, 0.05) is 0 Å². The van der Waals surface area contributed by atoms with Crippen molar-refractivity contribution in [2.45, 2.75) is 43.0 Å². The molecule has 0 saturated carbocycles. The zero-order valence-electron chi connectivity index (χ0n) is 11.5. The summed E-state index contributed by atoms with van der Waals surface area (Å²) < 4.78 is 27.7. The van der Waals surface area contributed by atoms with Gasteiger partial charge in [0.2, 0.25) is 10.0 Å². The zero-order valence-corrected chi connectivity index (χ0v) is 13.9. The van der Waals surface area contributed by atoms with Crippen LogP contribution in [0.2, 0.25) is 4.34 Å². The van der Waals surface area contributed by atoms with Crippen LogP contribution < -0.4 is 4.72 Å². The molecule has 0 aromatic carbocycles. The fourth-order valence-electron chi connectivity index (χ4n) is 1.82. The predicted octanol–water partition coefficient (Wildman–Crippen LogP) is 3.03. The van der Waals surface area contributed by atoms with E-state index in [1.165, 1.54) is 6.07 Å². The van der Waals surface area contributed by atoms with Crippen LogP contribution in [-0.4, -0.2) is 25.7 Å². The summed E-state index contributed by atoms with van der Waals surface area (Å²) in [6.45, 7) is 7.43. The van der Waals surface area contributed by atoms with Crippen molar-refractivity contribution in [1.82, 2.24) is 4.72 Å². The molecule has 1 rings (SSSR count). The van der Waals surface area contributed by atoms with E-state index in [0.29, 0.717) is 10.8 Å². The summed E-state index contributed by atoms with van der Waals surface area (Å²) >= 11 is 6.76. The van der Waals surface area contributed by atoms with E-state index in [-0.39, 0.29) is 10.1 Å². The predicted molar refractivity (Wildman–Crippen MR) is 83.7 cm³/mol. The Balaban J connectivity index is 2.96. The first kappa shape index (κ1) is 17.7. The van der Waals surface area contributed by atoms with Crippen LogP contribution >= 0.6 is 22.9 Å². The molecule has 1 aromatic rings. The molecule has 3 atom stereocenters. The molecule has 0 spiro atoms. The Kier molecular flexibility index (Phi) is 6.68. The van der Waals surface area contributed by atoms with Crippen LogP contribution in [0.25, 0.3) is 0 Å². The number of thiophene rings is 1. The summed E-state index contributed by atoms with van der Waals surface area (Å²) in [4.78, 5) is 0. The average Bonchev–Trinajstić information content (AvgIpc) is 2.83. The number of sulfonamides is 1. The topological polar surface area (TPSA) is 66.4 Å². The summed E-state index contributed by atoms with van der Waals surface area (Å²) in [7, 11) is -3.67. The van der Waals surface area contributed by atoms with E-state index in [2.05, 4.69) is 11.3 Å². The van der Waals surface area contributed by atoms with Gasteiger partial charge in [-0.1, -0.05) is 37.9 Å². The smallest absolute Gasteiger partial charge is 0.250 e. The SMILES string of the molecule is C=CC[C@H](O)[C@@H](NS(=O)(=O)c1ccc(Cl)s1)[C@@H](C)CC. The second-order valence-corrected chi connectivity index (χ2v) is 8.34. The molecule has 7 heteroatoms. The third-order valence-corrected chi connectivity index (χ3v) is 6.37. The maximum Gasteiger partial charge on any atom is 0.250 e. The fraction of sp³-hybridized carbons (Fsp3) is 0.538. The summed E-state index contributed by atoms with van der Waals surface area (Å²) in [6.07, 6.45) is 1.87. The van der Waals surface area contributed by atoms with Gasteiger partial charge >= 0.3 is 0 Å². The van der Waals surface area contributed by atoms with Gasteiger partial charge in [-0.25, -0.2) is 13.1 Å². The molecule has 114 valence electrons. The number of aliphatic hydroxyl groups is 1. The van der Waals surface area contributed by atoms with Gasteiger partial charge in [0.05, 0.1) is 16.5 Å². The minimum absolute atomic E-state index is 0.00941. The highest BCUT2D eigenvalue weighted by Gasteiger charge is 2.29. The Hall–Kier alpha value is -0.400. The van der Waals surface area contributed by atoms with E-state index in [1.54, 1.807) is 12.1 Å². The zero-order chi connectivity index (χ0) is 15.3. The molecule has 1 heterocycles. The molecule has 0 aliphatic carbocycles. The number of nitrogens with one attached hydrogen (secondary N) is 1. The van der Waals surface area contributed by atoms with Crippen LogP contribution in [0.1, 0.15) is 26.7 Å². The highest BCUT2D eigenvalue weighted by Crippen LogP contribution is 2.26. The highest BCUT2D eigenvalue weighted by atomic mass is 35.5. The molecule has 0 aliphatic heterocycles. The quantitative estimate of drug-likeness (QED) is 0.716. The Morgan fingerprint density at radius 1 is 1.55 bits per heavy atom. The van der Waals surface area contributed by atoms with Crippen molar-refractivity contribution >= 4 is 33.0 Å². The van der Waals surface area contributed by atoms with Crippen molar-refractivity contribution in [3.05, 3.63) is 29.1 Å². The largest absolute Gasteiger partial charge is 0.391 e. The minimum atomic E-state index is -3.67. The van der Waals surface area contributed by atoms with Crippen molar-refractivity contribution in [3.8, 4) is 0 Å². The Labute approximate surface area is 129 Å². The average molecular weight is 338 g/mol. The molecular weight excluding hydrogens is 318 g/mol. The fourth-order valence-corrected chi connectivity index (χ4v) is 4.70. The first-order valence-corrected chi connectivity index (χ1v) is 9.06. The van der Waals surface area contributed by atoms with Crippen molar-refractivity contribution in [3.63, 3.8) is 0 Å². The van der Waals surface area contributed by atoms with Gasteiger partial charge in [-0.3, -0.25) is 0 Å². The van der Waals surface area contributed by atoms with E-state index in [9.17, 15) is 13.5 Å². The van der Waals surface area contributed by atoms with E-state index in [0.717, 1.165) is 17.8 Å². The standard InChI is InChI=1S/C13H20ClNO3S2/c1-4-6-10(16)13(9(3)5-2)15-20(17,18)12-8-7-11(14)19-12/h4,7-10,13,15-16H,1,5-6H2,2-3H3/t9-,10-,13-/m0/s1. The molecule has 0 radical (unpaired) electrons. The molecule has 0 aliphatic rings. The molecule has 20 heavy (non-hydrogen) atoms. The highest BCUT2D eigenvalue weighted by molar-refractivity contribution is 7.91. The monoisotopic (exact) mass is 337 g/mol. The maximum atomic E-state index is 12.3. The third-order valence-electron chi connectivity index (χ3n) is 3.18. The van der Waals surface area contributed by atoms with Crippen molar-refractivity contribution in [2.75, 3.05) is 0 Å². The van der Waals surface area contributed by atoms with Crippen LogP contribution in [0.4, 0.5) is 0 Å². The first-order valence-electron chi connectivity index (χ1n) is 6.38. The summed E-state index contributed by atoms with van der Waals surface area (Å²) in [6, 6.07) is 2.45. The molecule has 0 saturated heterocycles. The molecule has 0 unspecified atom stereocenters. The lowest BCUT2D eigenvalue weighted by Crippen LogP contribution is -2.46. The molecular formula is C13H20ClNO3S2. The summed E-state index contributed by atoms with van der Waals surface area (Å²) in [5.41, 5.74) is 0. The van der Waals surface area contributed by atoms with Crippen molar-refractivity contribution in [1.29, 1.82) is 0 Å². The van der Waals surface area contributed by atoms with Crippen LogP contribution in [0.3, 0.4) is 0 Å². The molecule has 0 amide bonds. The van der Waals surface area contributed by atoms with E-state index in [4.69, 9.17) is 11.6 Å². The maximum absolute atomic E-state index is 12.3. The van der Waals surface area contributed by atoms with Crippen molar-refractivity contribution in [2.24, 2.45) is 5.92 Å². The normalized spacial score (nSPS) is 16.6. The molecule has 4 nitrogen and oxygen atoms in total. The lowest BCUT2D eigenvalue weighted by molar-refractivity contribution is 0.114. The minimum Gasteiger partial charge on any atom is -0.391 e. The second-order valence-electron chi connectivity index (χ2n) is 4.68. The van der Waals surface area contributed by atoms with E-state index in [1.807, 2.05) is 13.8 Å². The van der Waals surface area contributed by atoms with Crippen LogP contribution in [0.15, 0.2) is 29.0 Å². The van der Waals surface area contributed by atoms with E-state index < -0.39 is 22.2 Å². The van der Waals surface area contributed by atoms with Crippen LogP contribution in [0.5, 0.6) is 0 Å². The van der Waals surface area contributed by atoms with Crippen LogP contribution in [0, 0.1) is 5.92 Å². The number of hydrogen-bond donors (Lipinski definition) is 2. The summed E-state index contributed by atoms with van der Waals surface area (Å²) in [5, 5.41) is 10.1. The van der Waals surface area contributed by atoms with Gasteiger partial charge in [0.1, 0.15) is 4.21 Å². The lowest BCUT2D eigenvalue weighted by atomic mass is 9.94. The Morgan fingerprint density at radius 3 is 2.65 bits per heavy atom. The number of rotatable bonds is 8. The molecule has 0 fully saturated rings. The first-order chi connectivity index (χ1) is 9.31. The summed E-state index contributed by atoms with van der Waals surface area (Å²) in [5.74, 6) is 0.00941. The van der Waals surface area contributed by atoms with Gasteiger partial charge in [-0.05, 0) is 24.5 Å². The van der Waals surface area contributed by atoms with Crippen LogP contribution in [-0.2, 0) is 10.0 Å². The van der Waals surface area contributed by atoms with Gasteiger partial charge < -0.3 is 5.11 Å².